The second-order valence-electron chi connectivity index (χ2n) is 19.5. The summed E-state index contributed by atoms with van der Waals surface area (Å²) in [5, 5.41) is 11.7. The maximum absolute atomic E-state index is 12.8. The van der Waals surface area contributed by atoms with Crippen LogP contribution in [0.5, 0.6) is 0 Å². The SMILES string of the molecule is CCCCCCCCC/C=C/C=C/CCCCCCCC(=O)OC(COCCC(C(=O)[O-])[N+](C)(C)C)COC(=O)CCCCCCCCC/C=C/CCCCCCCCCCCCC. The van der Waals surface area contributed by atoms with Gasteiger partial charge >= 0.3 is 11.9 Å². The Kier molecular flexibility index (Phi) is 45.3. The summed E-state index contributed by atoms with van der Waals surface area (Å²) in [5.74, 6) is -1.75. The summed E-state index contributed by atoms with van der Waals surface area (Å²) in [4.78, 5) is 37.1. The van der Waals surface area contributed by atoms with E-state index in [1.165, 1.54) is 161 Å². The van der Waals surface area contributed by atoms with Crippen molar-refractivity contribution < 1.29 is 38.2 Å². The number of quaternary nitrogens is 1. The van der Waals surface area contributed by atoms with Crippen LogP contribution in [0, 0.1) is 0 Å². The summed E-state index contributed by atoms with van der Waals surface area (Å²) in [6.07, 6.45) is 56.1. The molecule has 0 saturated carbocycles. The molecule has 374 valence electrons. The van der Waals surface area contributed by atoms with Crippen molar-refractivity contribution in [3.63, 3.8) is 0 Å². The molecule has 0 rings (SSSR count). The average molecular weight is 902 g/mol. The Morgan fingerprint density at radius 2 is 0.828 bits per heavy atom. The molecule has 0 radical (unpaired) electrons. The molecule has 0 aromatic heterocycles. The van der Waals surface area contributed by atoms with Gasteiger partial charge in [-0.2, -0.15) is 0 Å². The van der Waals surface area contributed by atoms with Gasteiger partial charge in [-0.1, -0.05) is 204 Å². The molecule has 0 amide bonds. The van der Waals surface area contributed by atoms with Gasteiger partial charge in [-0.25, -0.2) is 0 Å². The number of carboxylic acid groups (broad SMARTS) is 1. The molecule has 0 saturated heterocycles. The predicted octanol–water partition coefficient (Wildman–Crippen LogP) is 14.4. The largest absolute Gasteiger partial charge is 0.544 e. The van der Waals surface area contributed by atoms with E-state index in [9.17, 15) is 19.5 Å². The van der Waals surface area contributed by atoms with Crippen LogP contribution in [-0.4, -0.2) is 75.5 Å². The predicted molar refractivity (Wildman–Crippen MR) is 268 cm³/mol. The third kappa shape index (κ3) is 44.7. The summed E-state index contributed by atoms with van der Waals surface area (Å²) in [7, 11) is 5.41. The van der Waals surface area contributed by atoms with E-state index in [1.54, 1.807) is 21.1 Å². The summed E-state index contributed by atoms with van der Waals surface area (Å²) < 4.78 is 17.2. The second-order valence-corrected chi connectivity index (χ2v) is 19.5. The van der Waals surface area contributed by atoms with Crippen LogP contribution < -0.4 is 5.11 Å². The number of likely N-dealkylation sites (N-methyl/N-ethyl adjacent to an activating group) is 1. The number of unbranched alkanes of at least 4 members (excludes halogenated alkanes) is 30. The van der Waals surface area contributed by atoms with E-state index in [1.807, 2.05) is 0 Å². The van der Waals surface area contributed by atoms with Crippen molar-refractivity contribution in [2.75, 3.05) is 41.0 Å². The molecule has 0 aliphatic heterocycles. The van der Waals surface area contributed by atoms with Gasteiger partial charge in [0.15, 0.2) is 6.10 Å². The number of hydrogen-bond acceptors (Lipinski definition) is 7. The first-order valence-electron chi connectivity index (χ1n) is 27.0. The fourth-order valence-corrected chi connectivity index (χ4v) is 8.06. The number of nitrogens with zero attached hydrogens (tertiary/aromatic N) is 1. The minimum atomic E-state index is -1.13. The Bertz CT molecular complexity index is 1140. The highest BCUT2D eigenvalue weighted by molar-refractivity contribution is 5.70. The van der Waals surface area contributed by atoms with Gasteiger partial charge in [0.1, 0.15) is 12.6 Å². The van der Waals surface area contributed by atoms with Crippen molar-refractivity contribution >= 4 is 17.9 Å². The number of aliphatic carboxylic acids is 1. The third-order valence-electron chi connectivity index (χ3n) is 12.3. The molecule has 0 fully saturated rings. The fraction of sp³-hybridized carbons (Fsp3) is 0.839. The molecule has 0 aliphatic rings. The Morgan fingerprint density at radius 3 is 1.22 bits per heavy atom. The van der Waals surface area contributed by atoms with Crippen LogP contribution in [0.3, 0.4) is 0 Å². The summed E-state index contributed by atoms with van der Waals surface area (Å²) >= 11 is 0. The second kappa shape index (κ2) is 47.1. The zero-order valence-electron chi connectivity index (χ0n) is 42.7. The molecule has 64 heavy (non-hydrogen) atoms. The molecule has 8 nitrogen and oxygen atoms in total. The van der Waals surface area contributed by atoms with Crippen LogP contribution in [0.1, 0.15) is 251 Å². The van der Waals surface area contributed by atoms with E-state index >= 15 is 0 Å². The molecule has 0 N–H and O–H groups in total. The molecule has 0 aromatic carbocycles. The highest BCUT2D eigenvalue weighted by Crippen LogP contribution is 2.15. The Hall–Kier alpha value is -2.45. The zero-order valence-corrected chi connectivity index (χ0v) is 42.7. The first-order chi connectivity index (χ1) is 31.1. The first kappa shape index (κ1) is 61.5. The minimum Gasteiger partial charge on any atom is -0.544 e. The van der Waals surface area contributed by atoms with Crippen LogP contribution in [0.2, 0.25) is 0 Å². The van der Waals surface area contributed by atoms with Crippen LogP contribution >= 0.6 is 0 Å². The van der Waals surface area contributed by atoms with Crippen molar-refractivity contribution in [3.05, 3.63) is 36.5 Å². The highest BCUT2D eigenvalue weighted by Gasteiger charge is 2.25. The first-order valence-corrected chi connectivity index (χ1v) is 27.0. The summed E-state index contributed by atoms with van der Waals surface area (Å²) in [6.45, 7) is 4.67. The molecular weight excluding hydrogens is 799 g/mol. The molecule has 2 unspecified atom stereocenters. The maximum Gasteiger partial charge on any atom is 0.306 e. The standard InChI is InChI=1S/C56H103NO7/c1-6-8-10-12-14-16-18-20-22-24-26-27-28-29-31-32-34-36-38-40-42-44-46-54(58)63-51-52(50-62-49-48-53(56(60)61)57(3,4)5)64-55(59)47-45-43-41-39-37-35-33-30-25-23-21-19-17-15-13-11-9-7-2/h23,25,28-30,33,52-53H,6-22,24,26-27,31-32,34-51H2,1-5H3/b25-23+,29-28+,33-30+. The van der Waals surface area contributed by atoms with Crippen molar-refractivity contribution in [1.29, 1.82) is 0 Å². The van der Waals surface area contributed by atoms with Crippen LogP contribution in [0.15, 0.2) is 36.5 Å². The lowest BCUT2D eigenvalue weighted by molar-refractivity contribution is -0.889. The fourth-order valence-electron chi connectivity index (χ4n) is 8.06. The summed E-state index contributed by atoms with van der Waals surface area (Å²) in [6, 6.07) is -0.729. The Morgan fingerprint density at radius 1 is 0.469 bits per heavy atom. The molecule has 0 spiro atoms. The van der Waals surface area contributed by atoms with Gasteiger partial charge in [-0.3, -0.25) is 9.59 Å². The normalized spacial score (nSPS) is 13.1. The number of ether oxygens (including phenoxy) is 3. The number of rotatable bonds is 49. The number of allylic oxidation sites excluding steroid dienone is 6. The van der Waals surface area contributed by atoms with Crippen molar-refractivity contribution in [2.45, 2.75) is 264 Å². The van der Waals surface area contributed by atoms with E-state index in [2.05, 4.69) is 50.3 Å². The van der Waals surface area contributed by atoms with E-state index in [-0.39, 0.29) is 42.7 Å². The van der Waals surface area contributed by atoms with Gasteiger partial charge in [-0.15, -0.1) is 0 Å². The maximum atomic E-state index is 12.8. The van der Waals surface area contributed by atoms with Gasteiger partial charge in [0.2, 0.25) is 0 Å². The third-order valence-corrected chi connectivity index (χ3v) is 12.3. The lowest BCUT2D eigenvalue weighted by atomic mass is 10.0. The number of carbonyl (C=O) groups excluding carboxylic acids is 3. The van der Waals surface area contributed by atoms with E-state index in [0.717, 1.165) is 57.8 Å². The van der Waals surface area contributed by atoms with E-state index in [4.69, 9.17) is 14.2 Å². The quantitative estimate of drug-likeness (QED) is 0.0197. The average Bonchev–Trinajstić information content (AvgIpc) is 3.26. The van der Waals surface area contributed by atoms with Gasteiger partial charge < -0.3 is 28.6 Å². The molecular formula is C56H103NO7. The van der Waals surface area contributed by atoms with E-state index in [0.29, 0.717) is 12.8 Å². The monoisotopic (exact) mass is 902 g/mol. The molecule has 0 aliphatic carbocycles. The summed E-state index contributed by atoms with van der Waals surface area (Å²) in [5.41, 5.74) is 0. The number of carboxylic acids is 1. The van der Waals surface area contributed by atoms with Crippen LogP contribution in [0.25, 0.3) is 0 Å². The number of esters is 2. The van der Waals surface area contributed by atoms with Gasteiger partial charge in [0, 0.05) is 19.3 Å². The van der Waals surface area contributed by atoms with Crippen molar-refractivity contribution in [3.8, 4) is 0 Å². The molecule has 8 heteroatoms. The van der Waals surface area contributed by atoms with Crippen LogP contribution in [-0.2, 0) is 28.6 Å². The minimum absolute atomic E-state index is 0.0347. The topological polar surface area (TPSA) is 102 Å². The Balaban J connectivity index is 4.23. The lowest BCUT2D eigenvalue weighted by Gasteiger charge is -2.34. The van der Waals surface area contributed by atoms with Gasteiger partial charge in [0.25, 0.3) is 0 Å². The Labute approximate surface area is 395 Å². The van der Waals surface area contributed by atoms with Crippen molar-refractivity contribution in [1.82, 2.24) is 0 Å². The molecule has 0 heterocycles. The molecule has 0 aromatic rings. The van der Waals surface area contributed by atoms with Crippen LogP contribution in [0.4, 0.5) is 0 Å². The number of carbonyl (C=O) groups is 3. The lowest BCUT2D eigenvalue weighted by Crippen LogP contribution is -2.55. The highest BCUT2D eigenvalue weighted by atomic mass is 16.6. The number of hydrogen-bond donors (Lipinski definition) is 0. The smallest absolute Gasteiger partial charge is 0.306 e. The molecule has 2 atom stereocenters. The van der Waals surface area contributed by atoms with Gasteiger partial charge in [-0.05, 0) is 64.2 Å². The van der Waals surface area contributed by atoms with Crippen molar-refractivity contribution in [2.24, 2.45) is 0 Å². The van der Waals surface area contributed by atoms with Gasteiger partial charge in [0.05, 0.1) is 40.3 Å². The molecule has 0 bridgehead atoms. The zero-order chi connectivity index (χ0) is 47.0. The van der Waals surface area contributed by atoms with E-state index < -0.39 is 18.1 Å².